The van der Waals surface area contributed by atoms with Gasteiger partial charge in [-0.25, -0.2) is 24.4 Å². The van der Waals surface area contributed by atoms with Gasteiger partial charge in [-0.2, -0.15) is 0 Å². The van der Waals surface area contributed by atoms with Crippen LogP contribution >= 0.6 is 0 Å². The summed E-state index contributed by atoms with van der Waals surface area (Å²) < 4.78 is 1.22. The molecule has 1 heterocycles. The van der Waals surface area contributed by atoms with Gasteiger partial charge in [0.25, 0.3) is 0 Å². The van der Waals surface area contributed by atoms with E-state index in [1.165, 1.54) is 4.57 Å². The smallest absolute Gasteiger partial charge is 0.247 e. The van der Waals surface area contributed by atoms with Gasteiger partial charge in [-0.1, -0.05) is 0 Å². The summed E-state index contributed by atoms with van der Waals surface area (Å²) in [7, 11) is 0. The Morgan fingerprint density at radius 3 is 2.10 bits per heavy atom. The predicted octanol–water partition coefficient (Wildman–Crippen LogP) is -0.800. The van der Waals surface area contributed by atoms with Crippen LogP contribution in [0.3, 0.4) is 0 Å². The van der Waals surface area contributed by atoms with Crippen LogP contribution in [-0.4, -0.2) is 14.8 Å². The van der Waals surface area contributed by atoms with E-state index < -0.39 is 0 Å². The molecule has 0 aromatic carbocycles. The van der Waals surface area contributed by atoms with E-state index in [1.807, 2.05) is 0 Å². The summed E-state index contributed by atoms with van der Waals surface area (Å²) >= 11 is 0. The van der Waals surface area contributed by atoms with Crippen molar-refractivity contribution in [3.63, 3.8) is 0 Å². The van der Waals surface area contributed by atoms with Crippen LogP contribution in [0.1, 0.15) is 18.9 Å². The van der Waals surface area contributed by atoms with Crippen LogP contribution in [0.5, 0.6) is 0 Å². The first kappa shape index (κ1) is 5.52. The van der Waals surface area contributed by atoms with Crippen molar-refractivity contribution in [3.8, 4) is 0 Å². The standard InChI is InChI=1S/C5H7N3O2/c9-4-6-7-5(10)8(4)3-1-2-3/h3H,1-2H2,(H,6,9)(H,7,10). The molecule has 1 aromatic heterocycles. The molecule has 0 aliphatic heterocycles. The molecule has 1 fully saturated rings. The third-order valence-electron chi connectivity index (χ3n) is 1.63. The summed E-state index contributed by atoms with van der Waals surface area (Å²) in [6.45, 7) is 0. The molecule has 0 unspecified atom stereocenters. The Morgan fingerprint density at radius 2 is 1.70 bits per heavy atom. The number of nitrogens with one attached hydrogen (secondary N) is 2. The largest absolute Gasteiger partial charge is 0.344 e. The van der Waals surface area contributed by atoms with Gasteiger partial charge in [0.15, 0.2) is 0 Å². The topological polar surface area (TPSA) is 70.7 Å². The van der Waals surface area contributed by atoms with E-state index in [0.29, 0.717) is 0 Å². The van der Waals surface area contributed by atoms with Crippen molar-refractivity contribution < 1.29 is 0 Å². The fraction of sp³-hybridized carbons (Fsp3) is 0.600. The fourth-order valence-electron chi connectivity index (χ4n) is 0.984. The zero-order valence-electron chi connectivity index (χ0n) is 5.26. The first-order chi connectivity index (χ1) is 4.79. The molecule has 1 saturated carbocycles. The maximum Gasteiger partial charge on any atom is 0.344 e. The van der Waals surface area contributed by atoms with Crippen LogP contribution in [0.25, 0.3) is 0 Å². The molecule has 2 N–H and O–H groups in total. The minimum absolute atomic E-state index is 0.155. The van der Waals surface area contributed by atoms with Gasteiger partial charge in [-0.05, 0) is 12.8 Å². The van der Waals surface area contributed by atoms with Gasteiger partial charge in [0.1, 0.15) is 0 Å². The zero-order chi connectivity index (χ0) is 7.14. The van der Waals surface area contributed by atoms with Crippen molar-refractivity contribution >= 4 is 0 Å². The second-order valence-electron chi connectivity index (χ2n) is 2.46. The predicted molar refractivity (Wildman–Crippen MR) is 33.9 cm³/mol. The first-order valence-electron chi connectivity index (χ1n) is 3.18. The van der Waals surface area contributed by atoms with Crippen molar-refractivity contribution in [1.29, 1.82) is 0 Å². The molecule has 2 rings (SSSR count). The summed E-state index contributed by atoms with van der Waals surface area (Å²) in [6.07, 6.45) is 1.89. The van der Waals surface area contributed by atoms with Crippen LogP contribution in [0.4, 0.5) is 0 Å². The Bertz CT molecular complexity index is 313. The summed E-state index contributed by atoms with van der Waals surface area (Å²) in [4.78, 5) is 21.6. The van der Waals surface area contributed by atoms with E-state index >= 15 is 0 Å². The van der Waals surface area contributed by atoms with Gasteiger partial charge in [0.2, 0.25) is 0 Å². The van der Waals surface area contributed by atoms with Gasteiger partial charge in [-0.3, -0.25) is 0 Å². The lowest BCUT2D eigenvalue weighted by Gasteiger charge is -1.87. The minimum atomic E-state index is -0.326. The Kier molecular flexibility index (Phi) is 0.893. The fourth-order valence-corrected chi connectivity index (χ4v) is 0.984. The Balaban J connectivity index is 2.65. The van der Waals surface area contributed by atoms with E-state index in [2.05, 4.69) is 10.2 Å². The molecule has 5 nitrogen and oxygen atoms in total. The SMILES string of the molecule is O=c1[nH][nH]c(=O)n1C1CC1. The maximum absolute atomic E-state index is 10.8. The monoisotopic (exact) mass is 141 g/mol. The molecule has 10 heavy (non-hydrogen) atoms. The summed E-state index contributed by atoms with van der Waals surface area (Å²) in [6, 6.07) is 0.155. The number of rotatable bonds is 1. The van der Waals surface area contributed by atoms with E-state index in [1.54, 1.807) is 0 Å². The van der Waals surface area contributed by atoms with Gasteiger partial charge >= 0.3 is 11.4 Å². The lowest BCUT2D eigenvalue weighted by atomic mass is 10.7. The van der Waals surface area contributed by atoms with Gasteiger partial charge in [0.05, 0.1) is 0 Å². The van der Waals surface area contributed by atoms with E-state index in [4.69, 9.17) is 0 Å². The highest BCUT2D eigenvalue weighted by molar-refractivity contribution is 4.84. The lowest BCUT2D eigenvalue weighted by molar-refractivity contribution is 0.684. The molecule has 1 aliphatic carbocycles. The molecule has 0 spiro atoms. The molecule has 1 aromatic rings. The van der Waals surface area contributed by atoms with Crippen molar-refractivity contribution in [3.05, 3.63) is 21.0 Å². The van der Waals surface area contributed by atoms with Crippen LogP contribution in [-0.2, 0) is 0 Å². The molecule has 54 valence electrons. The normalized spacial score (nSPS) is 17.6. The van der Waals surface area contributed by atoms with Gasteiger partial charge in [-0.15, -0.1) is 0 Å². The van der Waals surface area contributed by atoms with Crippen molar-refractivity contribution in [1.82, 2.24) is 14.8 Å². The molecular formula is C5H7N3O2. The average molecular weight is 141 g/mol. The third kappa shape index (κ3) is 0.632. The summed E-state index contributed by atoms with van der Waals surface area (Å²) in [5.41, 5.74) is -0.653. The molecule has 0 bridgehead atoms. The van der Waals surface area contributed by atoms with E-state index in [0.717, 1.165) is 12.8 Å². The number of nitrogens with zero attached hydrogens (tertiary/aromatic N) is 1. The molecule has 0 amide bonds. The highest BCUT2D eigenvalue weighted by Crippen LogP contribution is 2.31. The summed E-state index contributed by atoms with van der Waals surface area (Å²) in [5, 5.41) is 4.46. The van der Waals surface area contributed by atoms with Crippen molar-refractivity contribution in [2.45, 2.75) is 18.9 Å². The molecule has 0 radical (unpaired) electrons. The lowest BCUT2D eigenvalue weighted by Crippen LogP contribution is -2.25. The highest BCUT2D eigenvalue weighted by atomic mass is 16.2. The average Bonchev–Trinajstić information content (AvgIpc) is 2.64. The minimum Gasteiger partial charge on any atom is -0.247 e. The first-order valence-corrected chi connectivity index (χ1v) is 3.18. The molecule has 0 saturated heterocycles. The van der Waals surface area contributed by atoms with Crippen LogP contribution in [0.2, 0.25) is 0 Å². The number of aromatic amines is 2. The molecular weight excluding hydrogens is 134 g/mol. The summed E-state index contributed by atoms with van der Waals surface area (Å²) in [5.74, 6) is 0. The maximum atomic E-state index is 10.8. The second-order valence-corrected chi connectivity index (χ2v) is 2.46. The Hall–Kier alpha value is -1.26. The molecule has 0 atom stereocenters. The number of hydrogen-bond acceptors (Lipinski definition) is 2. The zero-order valence-corrected chi connectivity index (χ0v) is 5.26. The Morgan fingerprint density at radius 1 is 1.20 bits per heavy atom. The third-order valence-corrected chi connectivity index (χ3v) is 1.63. The molecule has 1 aliphatic rings. The highest BCUT2D eigenvalue weighted by Gasteiger charge is 2.27. The van der Waals surface area contributed by atoms with Crippen molar-refractivity contribution in [2.24, 2.45) is 0 Å². The quantitative estimate of drug-likeness (QED) is 0.537. The second kappa shape index (κ2) is 1.62. The number of hydrogen-bond donors (Lipinski definition) is 2. The number of H-pyrrole nitrogens is 2. The van der Waals surface area contributed by atoms with Crippen LogP contribution in [0, 0.1) is 0 Å². The van der Waals surface area contributed by atoms with Gasteiger partial charge < -0.3 is 0 Å². The van der Waals surface area contributed by atoms with E-state index in [-0.39, 0.29) is 17.4 Å². The molecule has 5 heteroatoms. The van der Waals surface area contributed by atoms with Crippen LogP contribution in [0.15, 0.2) is 9.59 Å². The Labute approximate surface area is 55.7 Å². The van der Waals surface area contributed by atoms with Crippen molar-refractivity contribution in [2.75, 3.05) is 0 Å². The van der Waals surface area contributed by atoms with Crippen LogP contribution < -0.4 is 11.4 Å². The van der Waals surface area contributed by atoms with E-state index in [9.17, 15) is 9.59 Å². The number of aromatic nitrogens is 3. The van der Waals surface area contributed by atoms with Gasteiger partial charge in [0, 0.05) is 6.04 Å².